The number of aryl methyl sites for hydroxylation is 1. The molecule has 0 radical (unpaired) electrons. The van der Waals surface area contributed by atoms with Crippen molar-refractivity contribution in [3.05, 3.63) is 93.1 Å². The minimum Gasteiger partial charge on any atom is -0.484 e. The van der Waals surface area contributed by atoms with Crippen molar-refractivity contribution < 1.29 is 23.5 Å². The van der Waals surface area contributed by atoms with Gasteiger partial charge in [0, 0.05) is 22.8 Å². The van der Waals surface area contributed by atoms with Crippen molar-refractivity contribution >= 4 is 33.9 Å². The highest BCUT2D eigenvalue weighted by molar-refractivity contribution is 7.16. The molecule has 33 heavy (non-hydrogen) atoms. The van der Waals surface area contributed by atoms with Crippen LogP contribution in [0.15, 0.2) is 65.6 Å². The highest BCUT2D eigenvalue weighted by atomic mass is 32.1. The van der Waals surface area contributed by atoms with Gasteiger partial charge in [0.25, 0.3) is 11.5 Å². The maximum atomic E-state index is 12.9. The fraction of sp³-hybridized carbons (Fsp3) is 0.130. The van der Waals surface area contributed by atoms with Gasteiger partial charge in [-0.1, -0.05) is 0 Å². The van der Waals surface area contributed by atoms with E-state index in [-0.39, 0.29) is 24.3 Å². The molecule has 0 bridgehead atoms. The molecular weight excluding hydrogens is 449 g/mol. The van der Waals surface area contributed by atoms with E-state index in [9.17, 15) is 18.8 Å². The number of benzene rings is 2. The highest BCUT2D eigenvalue weighted by Crippen LogP contribution is 2.15. The van der Waals surface area contributed by atoms with Crippen LogP contribution in [0.5, 0.6) is 5.75 Å². The van der Waals surface area contributed by atoms with E-state index in [0.717, 1.165) is 4.88 Å². The number of halogens is 1. The van der Waals surface area contributed by atoms with Crippen molar-refractivity contribution in [3.63, 3.8) is 0 Å². The first-order valence-electron chi connectivity index (χ1n) is 9.81. The summed E-state index contributed by atoms with van der Waals surface area (Å²) in [4.78, 5) is 42.3. The molecule has 0 unspecified atom stereocenters. The standard InChI is InChI=1S/C23H18FN3O5S/c1-14-11-27-21(29)10-18(26-23(27)33-14)12-32-22(30)15-2-6-17(7-3-15)25-20(28)13-31-19-8-4-16(24)5-9-19/h2-11H,12-13H2,1H3,(H,25,28). The lowest BCUT2D eigenvalue weighted by atomic mass is 10.2. The van der Waals surface area contributed by atoms with E-state index < -0.39 is 17.7 Å². The van der Waals surface area contributed by atoms with Gasteiger partial charge >= 0.3 is 5.97 Å². The molecular formula is C23H18FN3O5S. The SMILES string of the molecule is Cc1cn2c(=O)cc(COC(=O)c3ccc(NC(=O)COc4ccc(F)cc4)cc3)nc2s1. The molecule has 2 aromatic carbocycles. The predicted molar refractivity (Wildman–Crippen MR) is 120 cm³/mol. The zero-order valence-corrected chi connectivity index (χ0v) is 18.2. The summed E-state index contributed by atoms with van der Waals surface area (Å²) in [6.07, 6.45) is 1.71. The number of aromatic nitrogens is 2. The third-order valence-corrected chi connectivity index (χ3v) is 5.37. The number of amides is 1. The second-order valence-electron chi connectivity index (χ2n) is 7.02. The normalized spacial score (nSPS) is 10.7. The quantitative estimate of drug-likeness (QED) is 0.417. The summed E-state index contributed by atoms with van der Waals surface area (Å²) in [5, 5.41) is 2.64. The summed E-state index contributed by atoms with van der Waals surface area (Å²) < 4.78 is 24.9. The molecule has 0 saturated carbocycles. The Kier molecular flexibility index (Phi) is 6.45. The maximum absolute atomic E-state index is 12.9. The van der Waals surface area contributed by atoms with Crippen molar-refractivity contribution in [2.45, 2.75) is 13.5 Å². The summed E-state index contributed by atoms with van der Waals surface area (Å²) in [7, 11) is 0. The number of rotatable bonds is 7. The van der Waals surface area contributed by atoms with E-state index in [2.05, 4.69) is 10.3 Å². The van der Waals surface area contributed by atoms with E-state index in [4.69, 9.17) is 9.47 Å². The van der Waals surface area contributed by atoms with E-state index in [0.29, 0.717) is 22.1 Å². The van der Waals surface area contributed by atoms with Crippen molar-refractivity contribution in [3.8, 4) is 5.75 Å². The van der Waals surface area contributed by atoms with Gasteiger partial charge in [-0.15, -0.1) is 11.3 Å². The maximum Gasteiger partial charge on any atom is 0.338 e. The molecule has 8 nitrogen and oxygen atoms in total. The van der Waals surface area contributed by atoms with Gasteiger partial charge in [-0.25, -0.2) is 14.2 Å². The highest BCUT2D eigenvalue weighted by Gasteiger charge is 2.11. The molecule has 1 amide bonds. The first kappa shape index (κ1) is 22.2. The van der Waals surface area contributed by atoms with Crippen molar-refractivity contribution in [1.29, 1.82) is 0 Å². The molecule has 0 fully saturated rings. The van der Waals surface area contributed by atoms with Crippen LogP contribution in [0.4, 0.5) is 10.1 Å². The molecule has 168 valence electrons. The van der Waals surface area contributed by atoms with Gasteiger partial charge in [-0.2, -0.15) is 0 Å². The number of hydrogen-bond donors (Lipinski definition) is 1. The van der Waals surface area contributed by atoms with Crippen molar-refractivity contribution in [2.75, 3.05) is 11.9 Å². The van der Waals surface area contributed by atoms with E-state index in [1.54, 1.807) is 18.3 Å². The summed E-state index contributed by atoms with van der Waals surface area (Å²) in [5.41, 5.74) is 0.868. The van der Waals surface area contributed by atoms with Crippen LogP contribution in [-0.2, 0) is 16.1 Å². The first-order chi connectivity index (χ1) is 15.9. The van der Waals surface area contributed by atoms with Crippen LogP contribution in [0.2, 0.25) is 0 Å². The Morgan fingerprint density at radius 1 is 1.12 bits per heavy atom. The lowest BCUT2D eigenvalue weighted by Crippen LogP contribution is -2.20. The number of anilines is 1. The molecule has 0 saturated heterocycles. The smallest absolute Gasteiger partial charge is 0.338 e. The predicted octanol–water partition coefficient (Wildman–Crippen LogP) is 3.58. The molecule has 0 spiro atoms. The van der Waals surface area contributed by atoms with E-state index in [1.165, 1.54) is 58.2 Å². The van der Waals surface area contributed by atoms with Gasteiger partial charge in [0.05, 0.1) is 11.3 Å². The second-order valence-corrected chi connectivity index (χ2v) is 8.24. The molecule has 1 N–H and O–H groups in total. The number of nitrogens with zero attached hydrogens (tertiary/aromatic N) is 2. The summed E-state index contributed by atoms with van der Waals surface area (Å²) in [6, 6.07) is 12.8. The van der Waals surface area contributed by atoms with Crippen LogP contribution in [-0.4, -0.2) is 27.9 Å². The van der Waals surface area contributed by atoms with Gasteiger partial charge in [0.15, 0.2) is 11.6 Å². The first-order valence-corrected chi connectivity index (χ1v) is 10.6. The molecule has 0 atom stereocenters. The lowest BCUT2D eigenvalue weighted by Gasteiger charge is -2.08. The number of fused-ring (bicyclic) bond motifs is 1. The number of hydrogen-bond acceptors (Lipinski definition) is 7. The van der Waals surface area contributed by atoms with Crippen LogP contribution in [0, 0.1) is 12.7 Å². The van der Waals surface area contributed by atoms with Crippen LogP contribution in [0.1, 0.15) is 20.9 Å². The van der Waals surface area contributed by atoms with Crippen LogP contribution < -0.4 is 15.6 Å². The van der Waals surface area contributed by atoms with E-state index in [1.807, 2.05) is 6.92 Å². The van der Waals surface area contributed by atoms with Gasteiger partial charge in [-0.3, -0.25) is 14.0 Å². The van der Waals surface area contributed by atoms with Gasteiger partial charge in [0.1, 0.15) is 18.2 Å². The number of carbonyl (C=O) groups is 2. The fourth-order valence-corrected chi connectivity index (χ4v) is 3.77. The van der Waals surface area contributed by atoms with Crippen molar-refractivity contribution in [1.82, 2.24) is 9.38 Å². The number of carbonyl (C=O) groups excluding carboxylic acids is 2. The summed E-state index contributed by atoms with van der Waals surface area (Å²) in [5.74, 6) is -1.02. The zero-order valence-electron chi connectivity index (χ0n) is 17.4. The Morgan fingerprint density at radius 2 is 1.85 bits per heavy atom. The number of esters is 1. The number of nitrogens with one attached hydrogen (secondary N) is 1. The summed E-state index contributed by atoms with van der Waals surface area (Å²) >= 11 is 1.37. The van der Waals surface area contributed by atoms with Gasteiger partial charge in [0.2, 0.25) is 0 Å². The van der Waals surface area contributed by atoms with Crippen LogP contribution in [0.25, 0.3) is 4.96 Å². The molecule has 0 aliphatic rings. The Hall–Kier alpha value is -4.05. The Labute approximate surface area is 191 Å². The Bertz CT molecular complexity index is 1360. The summed E-state index contributed by atoms with van der Waals surface area (Å²) in [6.45, 7) is 1.49. The zero-order chi connectivity index (χ0) is 23.4. The topological polar surface area (TPSA) is 99.0 Å². The fourth-order valence-electron chi connectivity index (χ4n) is 2.92. The minimum absolute atomic E-state index is 0.138. The van der Waals surface area contributed by atoms with Crippen molar-refractivity contribution in [2.24, 2.45) is 0 Å². The third-order valence-electron chi connectivity index (χ3n) is 4.48. The lowest BCUT2D eigenvalue weighted by molar-refractivity contribution is -0.118. The Balaban J connectivity index is 1.30. The number of ether oxygens (including phenoxy) is 2. The monoisotopic (exact) mass is 467 g/mol. The van der Waals surface area contributed by atoms with Crippen LogP contribution in [0.3, 0.4) is 0 Å². The number of thiazole rings is 1. The average Bonchev–Trinajstić information content (AvgIpc) is 3.18. The largest absolute Gasteiger partial charge is 0.484 e. The molecule has 4 aromatic rings. The molecule has 10 heteroatoms. The third kappa shape index (κ3) is 5.60. The molecule has 4 rings (SSSR count). The van der Waals surface area contributed by atoms with E-state index >= 15 is 0 Å². The molecule has 2 heterocycles. The second kappa shape index (κ2) is 9.61. The van der Waals surface area contributed by atoms with Crippen LogP contribution >= 0.6 is 11.3 Å². The average molecular weight is 467 g/mol. The molecule has 0 aliphatic carbocycles. The Morgan fingerprint density at radius 3 is 2.58 bits per heavy atom. The minimum atomic E-state index is -0.586. The van der Waals surface area contributed by atoms with Gasteiger partial charge < -0.3 is 14.8 Å². The molecule has 2 aromatic heterocycles. The molecule has 0 aliphatic heterocycles. The van der Waals surface area contributed by atoms with Gasteiger partial charge in [-0.05, 0) is 55.5 Å².